The van der Waals surface area contributed by atoms with E-state index in [2.05, 4.69) is 19.1 Å². The fraction of sp³-hybridized carbons (Fsp3) is 0.577. The summed E-state index contributed by atoms with van der Waals surface area (Å²) < 4.78 is 0. The normalized spacial score (nSPS) is 14.8. The number of rotatable bonds is 19. The number of unbranched alkanes of at least 4 members (excludes halogenated alkanes) is 10. The molecule has 3 N–H and O–H groups in total. The van der Waals surface area contributed by atoms with Gasteiger partial charge in [0.1, 0.15) is 12.2 Å². The highest BCUT2D eigenvalue weighted by Crippen LogP contribution is 2.11. The van der Waals surface area contributed by atoms with Gasteiger partial charge in [-0.3, -0.25) is 4.79 Å². The molecule has 0 amide bonds. The third-order valence-corrected chi connectivity index (χ3v) is 4.74. The number of carbonyl (C=O) groups is 1. The van der Waals surface area contributed by atoms with Crippen LogP contribution >= 0.6 is 0 Å². The summed E-state index contributed by atoms with van der Waals surface area (Å²) in [5, 5.41) is 27.2. The summed E-state index contributed by atoms with van der Waals surface area (Å²) in [4.78, 5) is 11.5. The molecular formula is C26H42O4. The van der Waals surface area contributed by atoms with E-state index in [0.717, 1.165) is 6.42 Å². The van der Waals surface area contributed by atoms with Gasteiger partial charge < -0.3 is 15.3 Å². The second-order valence-corrected chi connectivity index (χ2v) is 7.51. The van der Waals surface area contributed by atoms with Crippen molar-refractivity contribution in [2.45, 2.75) is 89.8 Å². The van der Waals surface area contributed by atoms with Gasteiger partial charge in [0.15, 0.2) is 5.78 Å². The van der Waals surface area contributed by atoms with Gasteiger partial charge in [0.05, 0.1) is 6.61 Å². The van der Waals surface area contributed by atoms with Gasteiger partial charge in [0.2, 0.25) is 0 Å². The smallest absolute Gasteiger partial charge is 0.186 e. The summed E-state index contributed by atoms with van der Waals surface area (Å²) >= 11 is 0. The Balaban J connectivity index is 3.67. The molecule has 0 saturated heterocycles. The Morgan fingerprint density at radius 1 is 0.700 bits per heavy atom. The molecule has 0 aromatic carbocycles. The van der Waals surface area contributed by atoms with Crippen LogP contribution in [-0.4, -0.2) is 39.9 Å². The molecule has 2 unspecified atom stereocenters. The fourth-order valence-electron chi connectivity index (χ4n) is 2.85. The second kappa shape index (κ2) is 21.9. The van der Waals surface area contributed by atoms with Crippen molar-refractivity contribution in [3.05, 3.63) is 60.8 Å². The minimum absolute atomic E-state index is 0.641. The first-order valence-electron chi connectivity index (χ1n) is 11.5. The van der Waals surface area contributed by atoms with Crippen LogP contribution in [-0.2, 0) is 4.79 Å². The molecule has 170 valence electrons. The van der Waals surface area contributed by atoms with Crippen LogP contribution in [0.2, 0.25) is 0 Å². The van der Waals surface area contributed by atoms with Crippen molar-refractivity contribution in [1.29, 1.82) is 0 Å². The lowest BCUT2D eigenvalue weighted by atomic mass is 10.1. The van der Waals surface area contributed by atoms with E-state index in [4.69, 9.17) is 10.2 Å². The first-order valence-corrected chi connectivity index (χ1v) is 11.5. The molecule has 0 heterocycles. The Hall–Kier alpha value is -1.75. The van der Waals surface area contributed by atoms with Crippen LogP contribution in [0, 0.1) is 0 Å². The van der Waals surface area contributed by atoms with Gasteiger partial charge >= 0.3 is 0 Å². The molecule has 0 bridgehead atoms. The molecular weight excluding hydrogens is 376 g/mol. The van der Waals surface area contributed by atoms with Crippen LogP contribution < -0.4 is 0 Å². The highest BCUT2D eigenvalue weighted by atomic mass is 16.4. The highest BCUT2D eigenvalue weighted by Gasteiger charge is 2.20. The number of carbonyl (C=O) groups excluding carboxylic acids is 1. The average Bonchev–Trinajstić information content (AvgIpc) is 2.76. The van der Waals surface area contributed by atoms with Gasteiger partial charge in [-0.25, -0.2) is 0 Å². The van der Waals surface area contributed by atoms with E-state index in [0.29, 0.717) is 0 Å². The predicted molar refractivity (Wildman–Crippen MR) is 126 cm³/mol. The van der Waals surface area contributed by atoms with Crippen LogP contribution in [0.25, 0.3) is 0 Å². The van der Waals surface area contributed by atoms with Crippen molar-refractivity contribution in [2.75, 3.05) is 6.61 Å². The number of ketones is 1. The molecule has 0 saturated carbocycles. The maximum atomic E-state index is 11.5. The Morgan fingerprint density at radius 3 is 1.70 bits per heavy atom. The average molecular weight is 419 g/mol. The van der Waals surface area contributed by atoms with E-state index in [1.54, 1.807) is 12.2 Å². The Morgan fingerprint density at radius 2 is 1.17 bits per heavy atom. The molecule has 0 fully saturated rings. The minimum Gasteiger partial charge on any atom is -0.394 e. The topological polar surface area (TPSA) is 77.8 Å². The summed E-state index contributed by atoms with van der Waals surface area (Å²) in [6, 6.07) is 0. The van der Waals surface area contributed by atoms with Crippen LogP contribution in [0.4, 0.5) is 0 Å². The third kappa shape index (κ3) is 18.3. The van der Waals surface area contributed by atoms with Crippen LogP contribution in [0.3, 0.4) is 0 Å². The SMILES string of the molecule is CCCCCCCCCCCCC=CC=CC=CC=CC=CC(=O)C(O)C(O)CO. The van der Waals surface area contributed by atoms with Crippen molar-refractivity contribution < 1.29 is 20.1 Å². The molecule has 0 aliphatic heterocycles. The van der Waals surface area contributed by atoms with Crippen molar-refractivity contribution in [3.63, 3.8) is 0 Å². The molecule has 4 nitrogen and oxygen atoms in total. The van der Waals surface area contributed by atoms with E-state index >= 15 is 0 Å². The van der Waals surface area contributed by atoms with Gasteiger partial charge in [0, 0.05) is 0 Å². The van der Waals surface area contributed by atoms with Gasteiger partial charge in [-0.05, 0) is 18.9 Å². The summed E-state index contributed by atoms with van der Waals surface area (Å²) in [5.41, 5.74) is 0. The lowest BCUT2D eigenvalue weighted by Crippen LogP contribution is -2.35. The predicted octanol–water partition coefficient (Wildman–Crippen LogP) is 5.36. The maximum Gasteiger partial charge on any atom is 0.186 e. The molecule has 0 aromatic heterocycles. The van der Waals surface area contributed by atoms with Crippen LogP contribution in [0.1, 0.15) is 77.6 Å². The zero-order valence-corrected chi connectivity index (χ0v) is 18.7. The maximum absolute atomic E-state index is 11.5. The van der Waals surface area contributed by atoms with Crippen LogP contribution in [0.5, 0.6) is 0 Å². The Kier molecular flexibility index (Phi) is 20.7. The molecule has 0 aromatic rings. The standard InChI is InChI=1S/C26H42O4/c1-2-3-4-5-6-7-8-9-10-11-12-13-14-15-16-17-18-19-20-21-22-24(28)26(30)25(29)23-27/h13-22,25-27,29-30H,2-12,23H2,1H3. The first kappa shape index (κ1) is 28.2. The zero-order valence-electron chi connectivity index (χ0n) is 18.7. The van der Waals surface area contributed by atoms with Gasteiger partial charge in [-0.1, -0.05) is 119 Å². The summed E-state index contributed by atoms with van der Waals surface area (Å²) in [7, 11) is 0. The number of aliphatic hydroxyl groups excluding tert-OH is 3. The lowest BCUT2D eigenvalue weighted by Gasteiger charge is -2.11. The van der Waals surface area contributed by atoms with Crippen molar-refractivity contribution >= 4 is 5.78 Å². The fourth-order valence-corrected chi connectivity index (χ4v) is 2.85. The monoisotopic (exact) mass is 418 g/mol. The quantitative estimate of drug-likeness (QED) is 0.150. The van der Waals surface area contributed by atoms with E-state index in [-0.39, 0.29) is 0 Å². The molecule has 0 rings (SSSR count). The van der Waals surface area contributed by atoms with Crippen LogP contribution in [0.15, 0.2) is 60.8 Å². The minimum atomic E-state index is -1.59. The summed E-state index contributed by atoms with van der Waals surface area (Å²) in [6.45, 7) is 1.61. The van der Waals surface area contributed by atoms with Crippen molar-refractivity contribution in [2.24, 2.45) is 0 Å². The van der Waals surface area contributed by atoms with Gasteiger partial charge in [-0.15, -0.1) is 0 Å². The Labute approximate surface area is 183 Å². The highest BCUT2D eigenvalue weighted by molar-refractivity contribution is 5.94. The molecule has 0 spiro atoms. The molecule has 30 heavy (non-hydrogen) atoms. The molecule has 0 aliphatic carbocycles. The molecule has 0 aliphatic rings. The largest absolute Gasteiger partial charge is 0.394 e. The lowest BCUT2D eigenvalue weighted by molar-refractivity contribution is -0.129. The second-order valence-electron chi connectivity index (χ2n) is 7.51. The third-order valence-electron chi connectivity index (χ3n) is 4.74. The number of allylic oxidation sites excluding steroid dienone is 9. The van der Waals surface area contributed by atoms with Crippen molar-refractivity contribution in [3.8, 4) is 0 Å². The molecule has 0 radical (unpaired) electrons. The van der Waals surface area contributed by atoms with Gasteiger partial charge in [-0.2, -0.15) is 0 Å². The number of aliphatic hydroxyl groups is 3. The summed E-state index contributed by atoms with van der Waals surface area (Å²) in [6.07, 6.45) is 29.7. The van der Waals surface area contributed by atoms with Crippen molar-refractivity contribution in [1.82, 2.24) is 0 Å². The van der Waals surface area contributed by atoms with E-state index in [1.165, 1.54) is 76.4 Å². The first-order chi connectivity index (χ1) is 14.6. The molecule has 2 atom stereocenters. The zero-order chi connectivity index (χ0) is 22.3. The Bertz CT molecular complexity index is 543. The number of hydrogen-bond donors (Lipinski definition) is 3. The van der Waals surface area contributed by atoms with E-state index in [1.807, 2.05) is 24.3 Å². The van der Waals surface area contributed by atoms with E-state index in [9.17, 15) is 9.90 Å². The van der Waals surface area contributed by atoms with Gasteiger partial charge in [0.25, 0.3) is 0 Å². The van der Waals surface area contributed by atoms with E-state index < -0.39 is 24.6 Å². The molecule has 4 heteroatoms. The summed E-state index contributed by atoms with van der Waals surface area (Å²) in [5.74, 6) is -0.641. The number of hydrogen-bond acceptors (Lipinski definition) is 4.